The Balaban J connectivity index is 2.24. The van der Waals surface area contributed by atoms with Crippen molar-refractivity contribution in [1.82, 2.24) is 0 Å². The Morgan fingerprint density at radius 2 is 2.27 bits per heavy atom. The lowest BCUT2D eigenvalue weighted by Crippen LogP contribution is -1.74. The van der Waals surface area contributed by atoms with E-state index in [0.717, 1.165) is 12.2 Å². The van der Waals surface area contributed by atoms with E-state index in [1.165, 1.54) is 11.5 Å². The van der Waals surface area contributed by atoms with E-state index in [2.05, 4.69) is 12.1 Å². The first-order valence-electron chi connectivity index (χ1n) is 4.22. The molecule has 0 aromatic heterocycles. The molecule has 1 rings (SSSR count). The van der Waals surface area contributed by atoms with Crippen LogP contribution >= 0.6 is 11.8 Å². The molecular formula is C10H12S. The second-order valence-electron chi connectivity index (χ2n) is 2.19. The summed E-state index contributed by atoms with van der Waals surface area (Å²) in [6, 6.07) is 10.3. The molecule has 1 aromatic rings. The van der Waals surface area contributed by atoms with Crippen molar-refractivity contribution in [3.05, 3.63) is 43.0 Å². The van der Waals surface area contributed by atoms with Gasteiger partial charge in [-0.3, -0.25) is 0 Å². The Hall–Kier alpha value is -0.690. The number of hydrogen-bond acceptors (Lipinski definition) is 1. The minimum Gasteiger partial charge on any atom is -0.126 e. The van der Waals surface area contributed by atoms with Crippen LogP contribution in [0.2, 0.25) is 0 Å². The molecule has 1 aromatic carbocycles. The van der Waals surface area contributed by atoms with Gasteiger partial charge in [-0.05, 0) is 18.6 Å². The quantitative estimate of drug-likeness (QED) is 0.374. The molecule has 0 unspecified atom stereocenters. The SMILES string of the molecule is [2H]C=CCCSc1ccccc1. The summed E-state index contributed by atoms with van der Waals surface area (Å²) < 4.78 is 6.80. The monoisotopic (exact) mass is 165 g/mol. The Morgan fingerprint density at radius 3 is 3.00 bits per heavy atom. The summed E-state index contributed by atoms with van der Waals surface area (Å²) >= 11 is 1.83. The summed E-state index contributed by atoms with van der Waals surface area (Å²) in [6.45, 7) is 1.35. The van der Waals surface area contributed by atoms with Crippen LogP contribution in [0, 0.1) is 0 Å². The average Bonchev–Trinajstić information content (AvgIpc) is 2.14. The van der Waals surface area contributed by atoms with Crippen LogP contribution in [0.3, 0.4) is 0 Å². The maximum absolute atomic E-state index is 6.80. The largest absolute Gasteiger partial charge is 0.126 e. The first-order valence-corrected chi connectivity index (χ1v) is 4.63. The van der Waals surface area contributed by atoms with Gasteiger partial charge in [0.15, 0.2) is 0 Å². The normalized spacial score (nSPS) is 11.8. The van der Waals surface area contributed by atoms with E-state index in [9.17, 15) is 0 Å². The van der Waals surface area contributed by atoms with Crippen LogP contribution in [0.4, 0.5) is 0 Å². The molecule has 0 aliphatic carbocycles. The lowest BCUT2D eigenvalue weighted by molar-refractivity contribution is 1.24. The molecule has 58 valence electrons. The zero-order valence-electron chi connectivity index (χ0n) is 7.36. The van der Waals surface area contributed by atoms with Gasteiger partial charge in [0, 0.05) is 10.6 Å². The van der Waals surface area contributed by atoms with Gasteiger partial charge in [-0.2, -0.15) is 0 Å². The van der Waals surface area contributed by atoms with Crippen molar-refractivity contribution in [1.29, 1.82) is 0 Å². The van der Waals surface area contributed by atoms with Crippen LogP contribution in [0.25, 0.3) is 0 Å². The molecular weight excluding hydrogens is 152 g/mol. The van der Waals surface area contributed by atoms with Crippen molar-refractivity contribution >= 4 is 11.8 Å². The van der Waals surface area contributed by atoms with Crippen LogP contribution in [0.5, 0.6) is 0 Å². The van der Waals surface area contributed by atoms with Crippen LogP contribution in [0.15, 0.2) is 47.9 Å². The molecule has 0 saturated heterocycles. The van der Waals surface area contributed by atoms with Crippen molar-refractivity contribution in [3.8, 4) is 0 Å². The smallest absolute Gasteiger partial charge is 0.0534 e. The van der Waals surface area contributed by atoms with Gasteiger partial charge in [0.2, 0.25) is 0 Å². The predicted molar refractivity (Wildman–Crippen MR) is 52.0 cm³/mol. The van der Waals surface area contributed by atoms with E-state index in [1.54, 1.807) is 0 Å². The molecule has 0 aliphatic rings. The van der Waals surface area contributed by atoms with Gasteiger partial charge in [-0.1, -0.05) is 24.3 Å². The maximum Gasteiger partial charge on any atom is 0.0534 e. The molecule has 1 heteroatoms. The van der Waals surface area contributed by atoms with Crippen molar-refractivity contribution in [2.45, 2.75) is 11.3 Å². The highest BCUT2D eigenvalue weighted by Crippen LogP contribution is 2.17. The molecule has 0 bridgehead atoms. The summed E-state index contributed by atoms with van der Waals surface area (Å²) in [7, 11) is 0. The molecule has 0 radical (unpaired) electrons. The first-order chi connectivity index (χ1) is 5.93. The third-order valence-electron chi connectivity index (χ3n) is 1.30. The fraction of sp³-hybridized carbons (Fsp3) is 0.200. The fourth-order valence-corrected chi connectivity index (χ4v) is 1.60. The lowest BCUT2D eigenvalue weighted by Gasteiger charge is -1.96. The predicted octanol–water partition coefficient (Wildman–Crippen LogP) is 3.35. The highest BCUT2D eigenvalue weighted by Gasteiger charge is 1.88. The second-order valence-corrected chi connectivity index (χ2v) is 3.35. The van der Waals surface area contributed by atoms with E-state index in [1.807, 2.05) is 36.0 Å². The van der Waals surface area contributed by atoms with Crippen LogP contribution in [-0.4, -0.2) is 5.75 Å². The van der Waals surface area contributed by atoms with Crippen molar-refractivity contribution in [2.75, 3.05) is 5.75 Å². The second kappa shape index (κ2) is 5.03. The molecule has 0 spiro atoms. The van der Waals surface area contributed by atoms with Gasteiger partial charge < -0.3 is 0 Å². The Morgan fingerprint density at radius 1 is 1.45 bits per heavy atom. The minimum absolute atomic E-state index is 0.975. The van der Waals surface area contributed by atoms with Crippen molar-refractivity contribution in [3.63, 3.8) is 0 Å². The van der Waals surface area contributed by atoms with Gasteiger partial charge in [0.1, 0.15) is 0 Å². The minimum atomic E-state index is 0.975. The molecule has 0 atom stereocenters. The first kappa shape index (κ1) is 6.99. The molecule has 0 aliphatic heterocycles. The van der Waals surface area contributed by atoms with Gasteiger partial charge in [0.05, 0.1) is 1.37 Å². The van der Waals surface area contributed by atoms with Gasteiger partial charge in [0.25, 0.3) is 0 Å². The number of hydrogen-bond donors (Lipinski definition) is 0. The maximum atomic E-state index is 6.80. The van der Waals surface area contributed by atoms with E-state index in [4.69, 9.17) is 1.37 Å². The molecule has 0 amide bonds. The molecule has 0 nitrogen and oxygen atoms in total. The zero-order valence-corrected chi connectivity index (χ0v) is 7.18. The number of benzene rings is 1. The van der Waals surface area contributed by atoms with Gasteiger partial charge in [-0.25, -0.2) is 0 Å². The van der Waals surface area contributed by atoms with Crippen LogP contribution < -0.4 is 0 Å². The lowest BCUT2D eigenvalue weighted by atomic mass is 10.4. The van der Waals surface area contributed by atoms with Crippen molar-refractivity contribution < 1.29 is 1.37 Å². The van der Waals surface area contributed by atoms with E-state index < -0.39 is 0 Å². The average molecular weight is 165 g/mol. The van der Waals surface area contributed by atoms with E-state index in [0.29, 0.717) is 0 Å². The Bertz CT molecular complexity index is 231. The molecule has 0 N–H and O–H groups in total. The van der Waals surface area contributed by atoms with Gasteiger partial charge in [-0.15, -0.1) is 18.3 Å². The van der Waals surface area contributed by atoms with Gasteiger partial charge >= 0.3 is 0 Å². The highest BCUT2D eigenvalue weighted by atomic mass is 32.2. The van der Waals surface area contributed by atoms with Crippen molar-refractivity contribution in [2.24, 2.45) is 0 Å². The number of allylic oxidation sites excluding steroid dienone is 1. The molecule has 11 heavy (non-hydrogen) atoms. The summed E-state index contributed by atoms with van der Waals surface area (Å²) in [5.74, 6) is 1.05. The summed E-state index contributed by atoms with van der Waals surface area (Å²) in [4.78, 5) is 1.30. The summed E-state index contributed by atoms with van der Waals surface area (Å²) in [6.07, 6.45) is 2.85. The number of rotatable bonds is 4. The highest BCUT2D eigenvalue weighted by molar-refractivity contribution is 7.99. The van der Waals surface area contributed by atoms with E-state index in [-0.39, 0.29) is 0 Å². The molecule has 0 heterocycles. The summed E-state index contributed by atoms with van der Waals surface area (Å²) in [5, 5.41) is 0. The van der Waals surface area contributed by atoms with Crippen LogP contribution in [0.1, 0.15) is 7.79 Å². The zero-order chi connectivity index (χ0) is 8.65. The fourth-order valence-electron chi connectivity index (χ4n) is 0.762. The third-order valence-corrected chi connectivity index (χ3v) is 2.34. The standard InChI is InChI=1S/C10H12S/c1-2-3-9-11-10-7-5-4-6-8-10/h2,4-8H,1,3,9H2/i1D. The van der Waals surface area contributed by atoms with E-state index >= 15 is 0 Å². The van der Waals surface area contributed by atoms with Crippen LogP contribution in [-0.2, 0) is 0 Å². The Kier molecular flexibility index (Phi) is 3.19. The third kappa shape index (κ3) is 3.28. The summed E-state index contributed by atoms with van der Waals surface area (Å²) in [5.41, 5.74) is 0. The molecule has 0 fully saturated rings. The topological polar surface area (TPSA) is 0 Å². The molecule has 0 saturated carbocycles. The number of thioether (sulfide) groups is 1. The Labute approximate surface area is 73.7 Å².